The molecule has 0 fully saturated rings. The summed E-state index contributed by atoms with van der Waals surface area (Å²) in [5.74, 6) is 0. The van der Waals surface area contributed by atoms with Gasteiger partial charge in [0.1, 0.15) is 0 Å². The van der Waals surface area contributed by atoms with Crippen LogP contribution in [0.25, 0.3) is 0 Å². The fourth-order valence-electron chi connectivity index (χ4n) is 2.72. The van der Waals surface area contributed by atoms with Gasteiger partial charge in [0.2, 0.25) is 0 Å². The molecule has 0 atom stereocenters. The van der Waals surface area contributed by atoms with Crippen LogP contribution >= 0.6 is 15.9 Å². The number of nitrogens with zero attached hydrogens (tertiary/aromatic N) is 1. The Morgan fingerprint density at radius 3 is 1.40 bits per heavy atom. The Morgan fingerprint density at radius 1 is 0.600 bits per heavy atom. The van der Waals surface area contributed by atoms with E-state index in [9.17, 15) is 0 Å². The molecule has 0 aliphatic rings. The molecule has 0 radical (unpaired) electrons. The van der Waals surface area contributed by atoms with Crippen LogP contribution in [0.3, 0.4) is 0 Å². The van der Waals surface area contributed by atoms with Gasteiger partial charge in [0, 0.05) is 0 Å². The predicted molar refractivity (Wildman–Crippen MR) is 96.7 cm³/mol. The molecule has 0 aromatic carbocycles. The highest BCUT2D eigenvalue weighted by Crippen LogP contribution is 2.12. The largest absolute Gasteiger partial charge is 0.328 e. The van der Waals surface area contributed by atoms with Crippen LogP contribution in [0.5, 0.6) is 0 Å². The summed E-state index contributed by atoms with van der Waals surface area (Å²) in [5, 5.41) is 1.12. The van der Waals surface area contributed by atoms with Crippen molar-refractivity contribution in [1.82, 2.24) is 0 Å². The molecule has 0 amide bonds. The van der Waals surface area contributed by atoms with Crippen molar-refractivity contribution in [2.45, 2.75) is 84.0 Å². The Kier molecular flexibility index (Phi) is 14.7. The minimum atomic E-state index is 1.12. The molecule has 0 spiro atoms. The Hall–Kier alpha value is 0.440. The summed E-state index contributed by atoms with van der Waals surface area (Å²) in [5.41, 5.74) is 0. The average molecular weight is 349 g/mol. The summed E-state index contributed by atoms with van der Waals surface area (Å²) in [6, 6.07) is 0. The third-order valence-corrected chi connectivity index (χ3v) is 4.66. The van der Waals surface area contributed by atoms with Gasteiger partial charge in [-0.05, 0) is 12.8 Å². The van der Waals surface area contributed by atoms with Crippen LogP contribution in [0.4, 0.5) is 0 Å². The lowest BCUT2D eigenvalue weighted by Gasteiger charge is -2.29. The first-order valence-corrected chi connectivity index (χ1v) is 10.1. The van der Waals surface area contributed by atoms with Gasteiger partial charge in [0.05, 0.1) is 32.5 Å². The van der Waals surface area contributed by atoms with Crippen molar-refractivity contribution in [1.29, 1.82) is 0 Å². The molecule has 0 aromatic heterocycles. The molecule has 0 rings (SSSR count). The van der Waals surface area contributed by atoms with E-state index in [4.69, 9.17) is 0 Å². The minimum absolute atomic E-state index is 1.12. The molecule has 0 N–H and O–H groups in total. The third kappa shape index (κ3) is 14.8. The fraction of sp³-hybridized carbons (Fsp3) is 1.00. The van der Waals surface area contributed by atoms with E-state index in [2.05, 4.69) is 36.9 Å². The van der Waals surface area contributed by atoms with Crippen LogP contribution < -0.4 is 0 Å². The second kappa shape index (κ2) is 14.4. The zero-order chi connectivity index (χ0) is 15.1. The van der Waals surface area contributed by atoms with Gasteiger partial charge in [-0.1, -0.05) is 87.1 Å². The maximum atomic E-state index is 3.55. The van der Waals surface area contributed by atoms with Crippen LogP contribution in [-0.4, -0.2) is 37.0 Å². The van der Waals surface area contributed by atoms with E-state index >= 15 is 0 Å². The Labute approximate surface area is 137 Å². The van der Waals surface area contributed by atoms with Gasteiger partial charge in [0.15, 0.2) is 0 Å². The third-order valence-electron chi connectivity index (χ3n) is 4.31. The second-order valence-corrected chi connectivity index (χ2v) is 7.75. The maximum absolute atomic E-state index is 3.55. The molecule has 0 unspecified atom stereocenters. The van der Waals surface area contributed by atoms with Gasteiger partial charge in [0.25, 0.3) is 0 Å². The number of rotatable bonds is 15. The minimum Gasteiger partial charge on any atom is -0.328 e. The summed E-state index contributed by atoms with van der Waals surface area (Å²) in [7, 11) is 4.69. The molecule has 0 saturated carbocycles. The second-order valence-electron chi connectivity index (χ2n) is 6.96. The maximum Gasteiger partial charge on any atom is 0.0880 e. The van der Waals surface area contributed by atoms with Crippen LogP contribution in [0.1, 0.15) is 84.0 Å². The summed E-state index contributed by atoms with van der Waals surface area (Å²) in [6.07, 6.45) is 17.3. The molecule has 0 bridgehead atoms. The number of unbranched alkanes of at least 4 members (excludes halogenated alkanes) is 11. The Morgan fingerprint density at radius 2 is 1.00 bits per heavy atom. The summed E-state index contributed by atoms with van der Waals surface area (Å²) < 4.78 is 1.17. The zero-order valence-corrected chi connectivity index (χ0v) is 16.0. The van der Waals surface area contributed by atoms with E-state index in [0.717, 1.165) is 5.33 Å². The lowest BCUT2D eigenvalue weighted by Crippen LogP contribution is -2.41. The van der Waals surface area contributed by atoms with Crippen molar-refractivity contribution in [3.05, 3.63) is 0 Å². The van der Waals surface area contributed by atoms with Crippen molar-refractivity contribution >= 4 is 15.9 Å². The molecule has 0 saturated heterocycles. The molecule has 20 heavy (non-hydrogen) atoms. The molecule has 2 heteroatoms. The van der Waals surface area contributed by atoms with E-state index in [1.807, 2.05) is 0 Å². The quantitative estimate of drug-likeness (QED) is 0.189. The van der Waals surface area contributed by atoms with Crippen molar-refractivity contribution in [2.75, 3.05) is 32.5 Å². The van der Waals surface area contributed by atoms with E-state index in [0.29, 0.717) is 0 Å². The summed E-state index contributed by atoms with van der Waals surface area (Å²) in [4.78, 5) is 0. The molecule has 0 aromatic rings. The molecule has 1 nitrogen and oxygen atoms in total. The SMILES string of the molecule is CCCCCCCCCCCCCC[N+](C)(C)CCBr. The predicted octanol–water partition coefficient (Wildman–Crippen LogP) is 6.16. The van der Waals surface area contributed by atoms with Gasteiger partial charge in [-0.15, -0.1) is 0 Å². The van der Waals surface area contributed by atoms with Crippen LogP contribution in [0.15, 0.2) is 0 Å². The number of quaternary nitrogens is 1. The lowest BCUT2D eigenvalue weighted by molar-refractivity contribution is -0.887. The summed E-state index contributed by atoms with van der Waals surface area (Å²) >= 11 is 3.55. The molecule has 0 aliphatic carbocycles. The molecule has 122 valence electrons. The normalized spacial score (nSPS) is 12.0. The number of hydrogen-bond donors (Lipinski definition) is 0. The van der Waals surface area contributed by atoms with Gasteiger partial charge in [-0.25, -0.2) is 0 Å². The molecular weight excluding hydrogens is 310 g/mol. The van der Waals surface area contributed by atoms with Crippen molar-refractivity contribution < 1.29 is 4.48 Å². The molecule has 0 aliphatic heterocycles. The van der Waals surface area contributed by atoms with E-state index in [1.165, 1.54) is 94.6 Å². The van der Waals surface area contributed by atoms with Gasteiger partial charge in [-0.3, -0.25) is 0 Å². The highest BCUT2D eigenvalue weighted by atomic mass is 79.9. The van der Waals surface area contributed by atoms with Crippen molar-refractivity contribution in [3.8, 4) is 0 Å². The standard InChI is InChI=1S/C18H39BrN/c1-4-5-6-7-8-9-10-11-12-13-14-15-17-20(2,3)18-16-19/h4-18H2,1-3H3/q+1. The lowest BCUT2D eigenvalue weighted by atomic mass is 10.1. The van der Waals surface area contributed by atoms with Crippen LogP contribution in [0.2, 0.25) is 0 Å². The van der Waals surface area contributed by atoms with Gasteiger partial charge >= 0.3 is 0 Å². The first-order valence-electron chi connectivity index (χ1n) is 9.00. The molecular formula is C18H39BrN+. The number of halogens is 1. The van der Waals surface area contributed by atoms with Crippen molar-refractivity contribution in [3.63, 3.8) is 0 Å². The van der Waals surface area contributed by atoms with E-state index < -0.39 is 0 Å². The number of hydrogen-bond acceptors (Lipinski definition) is 0. The Bertz CT molecular complexity index is 192. The summed E-state index contributed by atoms with van der Waals surface area (Å²) in [6.45, 7) is 4.88. The Balaban J connectivity index is 3.13. The average Bonchev–Trinajstić information content (AvgIpc) is 2.40. The number of alkyl halides is 1. The zero-order valence-electron chi connectivity index (χ0n) is 14.4. The van der Waals surface area contributed by atoms with Crippen LogP contribution in [-0.2, 0) is 0 Å². The van der Waals surface area contributed by atoms with Gasteiger partial charge in [-0.2, -0.15) is 0 Å². The van der Waals surface area contributed by atoms with Crippen LogP contribution in [0, 0.1) is 0 Å². The highest BCUT2D eigenvalue weighted by molar-refractivity contribution is 9.09. The van der Waals surface area contributed by atoms with Crippen molar-refractivity contribution in [2.24, 2.45) is 0 Å². The smallest absolute Gasteiger partial charge is 0.0880 e. The van der Waals surface area contributed by atoms with Gasteiger partial charge < -0.3 is 4.48 Å². The van der Waals surface area contributed by atoms with E-state index in [-0.39, 0.29) is 0 Å². The monoisotopic (exact) mass is 348 g/mol. The fourth-order valence-corrected chi connectivity index (χ4v) is 3.68. The first kappa shape index (κ1) is 20.4. The molecule has 0 heterocycles. The van der Waals surface area contributed by atoms with E-state index in [1.54, 1.807) is 0 Å². The topological polar surface area (TPSA) is 0 Å². The first-order chi connectivity index (χ1) is 9.62. The highest BCUT2D eigenvalue weighted by Gasteiger charge is 2.12.